The fraction of sp³-hybridized carbons (Fsp3) is 0.308. The third-order valence-electron chi connectivity index (χ3n) is 6.61. The first kappa shape index (κ1) is 22.0. The number of piperidine rings is 1. The van der Waals surface area contributed by atoms with Crippen molar-refractivity contribution in [1.82, 2.24) is 34.0 Å². The number of aromatic nitrogens is 6. The fourth-order valence-corrected chi connectivity index (χ4v) is 4.87. The molecule has 5 heterocycles. The molecule has 0 bridgehead atoms. The van der Waals surface area contributed by atoms with E-state index in [0.717, 1.165) is 42.2 Å². The first-order chi connectivity index (χ1) is 17.0. The number of hydrogen-bond donors (Lipinski definition) is 0. The van der Waals surface area contributed by atoms with E-state index in [1.54, 1.807) is 6.20 Å². The molecule has 0 atom stereocenters. The molecule has 8 nitrogen and oxygen atoms in total. The van der Waals surface area contributed by atoms with E-state index in [4.69, 9.17) is 21.3 Å². The minimum absolute atomic E-state index is 0.426. The van der Waals surface area contributed by atoms with Crippen LogP contribution in [-0.4, -0.2) is 54.2 Å². The normalized spacial score (nSPS) is 15.3. The molecule has 1 fully saturated rings. The summed E-state index contributed by atoms with van der Waals surface area (Å²) in [5.74, 6) is 1.83. The van der Waals surface area contributed by atoms with Crippen LogP contribution in [0.5, 0.6) is 11.5 Å². The van der Waals surface area contributed by atoms with E-state index in [-0.39, 0.29) is 0 Å². The van der Waals surface area contributed by atoms with Gasteiger partial charge in [-0.2, -0.15) is 5.10 Å². The standard InChI is InChI=1S/C26H26ClN7O/c1-17-14-33-10-7-20(11-24(33)30-17)35-23-4-3-21-26(25(23)27)31-22(13-28-21)19-12-29-34(16-19)15-18-5-8-32(2)9-6-18/h3-4,7,10-14,16,18H,5-6,8-9,15H2,1-2H3. The van der Waals surface area contributed by atoms with Crippen molar-refractivity contribution in [1.29, 1.82) is 0 Å². The van der Waals surface area contributed by atoms with Crippen molar-refractivity contribution in [2.24, 2.45) is 5.92 Å². The summed E-state index contributed by atoms with van der Waals surface area (Å²) in [7, 11) is 2.18. The zero-order valence-electron chi connectivity index (χ0n) is 19.7. The van der Waals surface area contributed by atoms with Crippen molar-refractivity contribution in [2.45, 2.75) is 26.3 Å². The average Bonchev–Trinajstić information content (AvgIpc) is 3.47. The van der Waals surface area contributed by atoms with E-state index in [2.05, 4.69) is 27.0 Å². The highest BCUT2D eigenvalue weighted by Gasteiger charge is 2.18. The lowest BCUT2D eigenvalue weighted by Crippen LogP contribution is -2.31. The molecule has 0 unspecified atom stereocenters. The Kier molecular flexibility index (Phi) is 5.62. The summed E-state index contributed by atoms with van der Waals surface area (Å²) in [6.07, 6.45) is 11.9. The van der Waals surface area contributed by atoms with Crippen LogP contribution in [0, 0.1) is 12.8 Å². The van der Waals surface area contributed by atoms with Gasteiger partial charge in [0.05, 0.1) is 29.3 Å². The van der Waals surface area contributed by atoms with E-state index >= 15 is 0 Å². The summed E-state index contributed by atoms with van der Waals surface area (Å²) in [6.45, 7) is 5.18. The second-order valence-electron chi connectivity index (χ2n) is 9.31. The van der Waals surface area contributed by atoms with Crippen LogP contribution in [0.3, 0.4) is 0 Å². The van der Waals surface area contributed by atoms with Crippen molar-refractivity contribution < 1.29 is 4.74 Å². The highest BCUT2D eigenvalue weighted by atomic mass is 35.5. The number of aryl methyl sites for hydroxylation is 1. The fourth-order valence-electron chi connectivity index (χ4n) is 4.63. The van der Waals surface area contributed by atoms with Crippen LogP contribution in [0.4, 0.5) is 0 Å². The number of pyridine rings is 1. The highest BCUT2D eigenvalue weighted by Crippen LogP contribution is 2.35. The van der Waals surface area contributed by atoms with Gasteiger partial charge in [-0.25, -0.2) is 9.97 Å². The maximum Gasteiger partial charge on any atom is 0.148 e. The molecular formula is C26H26ClN7O. The lowest BCUT2D eigenvalue weighted by Gasteiger charge is -2.28. The van der Waals surface area contributed by atoms with Gasteiger partial charge in [-0.15, -0.1) is 0 Å². The van der Waals surface area contributed by atoms with Crippen LogP contribution in [0.2, 0.25) is 5.02 Å². The number of likely N-dealkylation sites (tertiary alicyclic amines) is 1. The van der Waals surface area contributed by atoms with E-state index in [9.17, 15) is 0 Å². The summed E-state index contributed by atoms with van der Waals surface area (Å²) in [5.41, 5.74) is 4.74. The Morgan fingerprint density at radius 3 is 2.80 bits per heavy atom. The van der Waals surface area contributed by atoms with Crippen LogP contribution < -0.4 is 4.74 Å². The van der Waals surface area contributed by atoms with Gasteiger partial charge in [0.15, 0.2) is 0 Å². The van der Waals surface area contributed by atoms with Gasteiger partial charge in [-0.05, 0) is 64.0 Å². The van der Waals surface area contributed by atoms with Crippen LogP contribution in [0.1, 0.15) is 18.5 Å². The van der Waals surface area contributed by atoms with Crippen molar-refractivity contribution in [3.05, 3.63) is 66.0 Å². The van der Waals surface area contributed by atoms with Gasteiger partial charge in [0.2, 0.25) is 0 Å². The van der Waals surface area contributed by atoms with Crippen LogP contribution >= 0.6 is 11.6 Å². The molecule has 0 saturated carbocycles. The van der Waals surface area contributed by atoms with E-state index < -0.39 is 0 Å². The Morgan fingerprint density at radius 1 is 1.09 bits per heavy atom. The summed E-state index contributed by atoms with van der Waals surface area (Å²) in [4.78, 5) is 16.3. The Balaban J connectivity index is 1.25. The van der Waals surface area contributed by atoms with Gasteiger partial charge >= 0.3 is 0 Å². The molecule has 1 aliphatic rings. The lowest BCUT2D eigenvalue weighted by molar-refractivity contribution is 0.201. The molecule has 4 aromatic heterocycles. The van der Waals surface area contributed by atoms with Crippen LogP contribution in [0.25, 0.3) is 27.9 Å². The van der Waals surface area contributed by atoms with E-state index in [1.165, 1.54) is 12.8 Å². The predicted octanol–water partition coefficient (Wildman–Crippen LogP) is 5.24. The molecule has 178 valence electrons. The van der Waals surface area contributed by atoms with Crippen molar-refractivity contribution in [2.75, 3.05) is 20.1 Å². The van der Waals surface area contributed by atoms with E-state index in [0.29, 0.717) is 33.5 Å². The number of hydrogen-bond acceptors (Lipinski definition) is 6. The number of benzene rings is 1. The molecule has 1 saturated heterocycles. The number of ether oxygens (including phenoxy) is 1. The molecule has 1 aromatic carbocycles. The van der Waals surface area contributed by atoms with Gasteiger partial charge in [-0.3, -0.25) is 9.67 Å². The molecule has 0 N–H and O–H groups in total. The summed E-state index contributed by atoms with van der Waals surface area (Å²) in [6, 6.07) is 7.46. The Hall–Kier alpha value is -3.49. The first-order valence-corrected chi connectivity index (χ1v) is 12.2. The van der Waals surface area contributed by atoms with E-state index in [1.807, 2.05) is 65.1 Å². The smallest absolute Gasteiger partial charge is 0.148 e. The topological polar surface area (TPSA) is 73.4 Å². The zero-order valence-corrected chi connectivity index (χ0v) is 20.5. The average molecular weight is 488 g/mol. The number of nitrogens with zero attached hydrogens (tertiary/aromatic N) is 7. The molecule has 5 aromatic rings. The quantitative estimate of drug-likeness (QED) is 0.337. The summed E-state index contributed by atoms with van der Waals surface area (Å²) in [5, 5.41) is 5.00. The Morgan fingerprint density at radius 2 is 1.94 bits per heavy atom. The van der Waals surface area contributed by atoms with Gasteiger partial charge < -0.3 is 14.0 Å². The molecule has 9 heteroatoms. The van der Waals surface area contributed by atoms with Crippen molar-refractivity contribution in [3.63, 3.8) is 0 Å². The van der Waals surface area contributed by atoms with Gasteiger partial charge in [0, 0.05) is 36.8 Å². The van der Waals surface area contributed by atoms with Crippen LogP contribution in [0.15, 0.2) is 55.2 Å². The largest absolute Gasteiger partial charge is 0.456 e. The predicted molar refractivity (Wildman–Crippen MR) is 136 cm³/mol. The third kappa shape index (κ3) is 4.47. The minimum atomic E-state index is 0.426. The molecule has 0 radical (unpaired) electrons. The van der Waals surface area contributed by atoms with Gasteiger partial charge in [0.1, 0.15) is 27.7 Å². The van der Waals surface area contributed by atoms with Gasteiger partial charge in [-0.1, -0.05) is 11.6 Å². The molecule has 0 spiro atoms. The van der Waals surface area contributed by atoms with Gasteiger partial charge in [0.25, 0.3) is 0 Å². The zero-order chi connectivity index (χ0) is 23.9. The second kappa shape index (κ2) is 8.94. The minimum Gasteiger partial charge on any atom is -0.456 e. The number of fused-ring (bicyclic) bond motifs is 2. The Bertz CT molecular complexity index is 1520. The molecule has 1 aliphatic heterocycles. The maximum absolute atomic E-state index is 6.75. The molecule has 6 rings (SSSR count). The highest BCUT2D eigenvalue weighted by molar-refractivity contribution is 6.36. The summed E-state index contributed by atoms with van der Waals surface area (Å²) < 4.78 is 10.1. The molecule has 0 amide bonds. The molecular weight excluding hydrogens is 462 g/mol. The van der Waals surface area contributed by atoms with Crippen LogP contribution in [-0.2, 0) is 6.54 Å². The molecule has 0 aliphatic carbocycles. The number of halogens is 1. The monoisotopic (exact) mass is 487 g/mol. The summed E-state index contributed by atoms with van der Waals surface area (Å²) >= 11 is 6.75. The maximum atomic E-state index is 6.75. The Labute approximate surface area is 208 Å². The number of rotatable bonds is 5. The second-order valence-corrected chi connectivity index (χ2v) is 9.69. The molecule has 35 heavy (non-hydrogen) atoms. The first-order valence-electron chi connectivity index (χ1n) is 11.8. The SMILES string of the molecule is Cc1cn2ccc(Oc3ccc4ncc(-c5cnn(CC6CCN(C)CC6)c5)nc4c3Cl)cc2n1. The number of imidazole rings is 1. The third-order valence-corrected chi connectivity index (χ3v) is 6.98. The lowest BCUT2D eigenvalue weighted by atomic mass is 9.97. The van der Waals surface area contributed by atoms with Crippen molar-refractivity contribution >= 4 is 28.3 Å². The van der Waals surface area contributed by atoms with Crippen molar-refractivity contribution in [3.8, 4) is 22.8 Å².